The summed E-state index contributed by atoms with van der Waals surface area (Å²) in [4.78, 5) is 0. The highest BCUT2D eigenvalue weighted by molar-refractivity contribution is 5.37. The average molecular weight is 231 g/mol. The van der Waals surface area contributed by atoms with E-state index in [1.165, 1.54) is 30.5 Å². The molecule has 2 unspecified atom stereocenters. The Morgan fingerprint density at radius 2 is 2.00 bits per heavy atom. The van der Waals surface area contributed by atoms with Gasteiger partial charge in [-0.05, 0) is 61.8 Å². The Labute approximate surface area is 106 Å². The minimum Gasteiger partial charge on any atom is -0.314 e. The molecule has 0 heterocycles. The lowest BCUT2D eigenvalue weighted by molar-refractivity contribution is 0.240. The van der Waals surface area contributed by atoms with Crippen LogP contribution in [-0.4, -0.2) is 12.6 Å². The van der Waals surface area contributed by atoms with Crippen LogP contribution in [0.25, 0.3) is 0 Å². The summed E-state index contributed by atoms with van der Waals surface area (Å²) in [6.45, 7) is 10.1. The first-order chi connectivity index (χ1) is 8.09. The van der Waals surface area contributed by atoms with E-state index in [0.717, 1.165) is 11.8 Å². The first kappa shape index (κ1) is 12.6. The van der Waals surface area contributed by atoms with Gasteiger partial charge in [-0.2, -0.15) is 0 Å². The Morgan fingerprint density at radius 3 is 2.59 bits per heavy atom. The van der Waals surface area contributed by atoms with Crippen LogP contribution >= 0.6 is 0 Å². The van der Waals surface area contributed by atoms with E-state index in [2.05, 4.69) is 51.2 Å². The molecule has 0 bridgehead atoms. The van der Waals surface area contributed by atoms with Crippen LogP contribution in [0.5, 0.6) is 0 Å². The molecule has 1 aromatic rings. The fourth-order valence-corrected chi connectivity index (χ4v) is 2.79. The molecule has 0 spiro atoms. The van der Waals surface area contributed by atoms with Gasteiger partial charge < -0.3 is 5.32 Å². The fraction of sp³-hybridized carbons (Fsp3) is 0.625. The average Bonchev–Trinajstić information content (AvgIpc) is 2.23. The summed E-state index contributed by atoms with van der Waals surface area (Å²) >= 11 is 0. The number of benzene rings is 1. The molecule has 2 atom stereocenters. The summed E-state index contributed by atoms with van der Waals surface area (Å²) in [5.74, 6) is 1.64. The molecule has 94 valence electrons. The van der Waals surface area contributed by atoms with Crippen LogP contribution < -0.4 is 5.32 Å². The van der Waals surface area contributed by atoms with Crippen molar-refractivity contribution < 1.29 is 0 Å². The van der Waals surface area contributed by atoms with E-state index in [9.17, 15) is 0 Å². The molecule has 17 heavy (non-hydrogen) atoms. The van der Waals surface area contributed by atoms with Crippen molar-refractivity contribution in [3.63, 3.8) is 0 Å². The molecule has 1 aliphatic rings. The van der Waals surface area contributed by atoms with Gasteiger partial charge in [0.1, 0.15) is 0 Å². The van der Waals surface area contributed by atoms with E-state index in [1.54, 1.807) is 5.56 Å². The number of aryl methyl sites for hydroxylation is 1. The fourth-order valence-electron chi connectivity index (χ4n) is 2.79. The van der Waals surface area contributed by atoms with Crippen LogP contribution in [0.1, 0.15) is 49.3 Å². The summed E-state index contributed by atoms with van der Waals surface area (Å²) in [5.41, 5.74) is 4.53. The Bertz CT molecular complexity index is 381. The SMILES string of the molecule is Cc1cccc(C2CCC2CNC(C)C)c1C. The Hall–Kier alpha value is -0.820. The second kappa shape index (κ2) is 5.22. The molecule has 2 rings (SSSR count). The van der Waals surface area contributed by atoms with E-state index >= 15 is 0 Å². The quantitative estimate of drug-likeness (QED) is 0.831. The van der Waals surface area contributed by atoms with Crippen LogP contribution in [-0.2, 0) is 0 Å². The summed E-state index contributed by atoms with van der Waals surface area (Å²) in [7, 11) is 0. The van der Waals surface area contributed by atoms with E-state index in [4.69, 9.17) is 0 Å². The topological polar surface area (TPSA) is 12.0 Å². The minimum atomic E-state index is 0.606. The van der Waals surface area contributed by atoms with Gasteiger partial charge in [-0.15, -0.1) is 0 Å². The number of hydrogen-bond donors (Lipinski definition) is 1. The van der Waals surface area contributed by atoms with Gasteiger partial charge in [0, 0.05) is 6.04 Å². The largest absolute Gasteiger partial charge is 0.314 e. The second-order valence-electron chi connectivity index (χ2n) is 5.80. The lowest BCUT2D eigenvalue weighted by Crippen LogP contribution is -2.37. The summed E-state index contributed by atoms with van der Waals surface area (Å²) < 4.78 is 0. The molecule has 1 fully saturated rings. The van der Waals surface area contributed by atoms with Crippen molar-refractivity contribution >= 4 is 0 Å². The molecule has 1 aromatic carbocycles. The monoisotopic (exact) mass is 231 g/mol. The lowest BCUT2D eigenvalue weighted by Gasteiger charge is -2.39. The van der Waals surface area contributed by atoms with Gasteiger partial charge in [-0.25, -0.2) is 0 Å². The van der Waals surface area contributed by atoms with E-state index < -0.39 is 0 Å². The van der Waals surface area contributed by atoms with Crippen molar-refractivity contribution in [3.8, 4) is 0 Å². The van der Waals surface area contributed by atoms with Crippen LogP contribution in [0.3, 0.4) is 0 Å². The van der Waals surface area contributed by atoms with E-state index in [0.29, 0.717) is 6.04 Å². The van der Waals surface area contributed by atoms with Crippen molar-refractivity contribution in [3.05, 3.63) is 34.9 Å². The standard InChI is InChI=1S/C16H25N/c1-11(2)17-10-14-8-9-16(14)15-7-5-6-12(3)13(15)4/h5-7,11,14,16-17H,8-10H2,1-4H3. The lowest BCUT2D eigenvalue weighted by atomic mass is 9.68. The molecular formula is C16H25N. The van der Waals surface area contributed by atoms with Gasteiger partial charge in [-0.1, -0.05) is 32.0 Å². The third-order valence-electron chi connectivity index (χ3n) is 4.25. The summed E-state index contributed by atoms with van der Waals surface area (Å²) in [6, 6.07) is 7.37. The highest BCUT2D eigenvalue weighted by Gasteiger charge is 2.32. The van der Waals surface area contributed by atoms with Gasteiger partial charge in [0.05, 0.1) is 0 Å². The van der Waals surface area contributed by atoms with E-state index in [1.807, 2.05) is 0 Å². The maximum atomic E-state index is 3.58. The van der Waals surface area contributed by atoms with Gasteiger partial charge in [-0.3, -0.25) is 0 Å². The molecule has 0 aliphatic heterocycles. The van der Waals surface area contributed by atoms with Crippen LogP contribution in [0.4, 0.5) is 0 Å². The summed E-state index contributed by atoms with van der Waals surface area (Å²) in [6.07, 6.45) is 2.76. The molecule has 0 aromatic heterocycles. The first-order valence-corrected chi connectivity index (χ1v) is 6.89. The van der Waals surface area contributed by atoms with Crippen molar-refractivity contribution in [1.29, 1.82) is 0 Å². The zero-order valence-corrected chi connectivity index (χ0v) is 11.6. The molecule has 0 radical (unpaired) electrons. The minimum absolute atomic E-state index is 0.606. The number of hydrogen-bond acceptors (Lipinski definition) is 1. The first-order valence-electron chi connectivity index (χ1n) is 6.89. The Morgan fingerprint density at radius 1 is 1.24 bits per heavy atom. The molecular weight excluding hydrogens is 206 g/mol. The third-order valence-corrected chi connectivity index (χ3v) is 4.25. The van der Waals surface area contributed by atoms with Crippen molar-refractivity contribution in [2.75, 3.05) is 6.54 Å². The second-order valence-corrected chi connectivity index (χ2v) is 5.80. The zero-order chi connectivity index (χ0) is 12.4. The molecule has 0 amide bonds. The molecule has 1 saturated carbocycles. The smallest absolute Gasteiger partial charge is 0.00104 e. The van der Waals surface area contributed by atoms with E-state index in [-0.39, 0.29) is 0 Å². The Kier molecular flexibility index (Phi) is 3.88. The van der Waals surface area contributed by atoms with Gasteiger partial charge in [0.25, 0.3) is 0 Å². The van der Waals surface area contributed by atoms with Gasteiger partial charge >= 0.3 is 0 Å². The van der Waals surface area contributed by atoms with Crippen LogP contribution in [0.2, 0.25) is 0 Å². The van der Waals surface area contributed by atoms with Crippen LogP contribution in [0, 0.1) is 19.8 Å². The van der Waals surface area contributed by atoms with Crippen molar-refractivity contribution in [1.82, 2.24) is 5.32 Å². The number of rotatable bonds is 4. The van der Waals surface area contributed by atoms with Crippen molar-refractivity contribution in [2.45, 2.75) is 52.5 Å². The highest BCUT2D eigenvalue weighted by Crippen LogP contribution is 2.43. The predicted octanol–water partition coefficient (Wildman–Crippen LogP) is 3.80. The summed E-state index contributed by atoms with van der Waals surface area (Å²) in [5, 5.41) is 3.58. The third kappa shape index (κ3) is 2.71. The maximum absolute atomic E-state index is 3.58. The van der Waals surface area contributed by atoms with Crippen molar-refractivity contribution in [2.24, 2.45) is 5.92 Å². The molecule has 1 heteroatoms. The maximum Gasteiger partial charge on any atom is 0.00104 e. The van der Waals surface area contributed by atoms with Gasteiger partial charge in [0.2, 0.25) is 0 Å². The molecule has 0 saturated heterocycles. The van der Waals surface area contributed by atoms with Crippen LogP contribution in [0.15, 0.2) is 18.2 Å². The normalized spacial score (nSPS) is 23.8. The molecule has 1 aliphatic carbocycles. The number of nitrogens with one attached hydrogen (secondary N) is 1. The van der Waals surface area contributed by atoms with Gasteiger partial charge in [0.15, 0.2) is 0 Å². The molecule has 1 nitrogen and oxygen atoms in total. The predicted molar refractivity (Wildman–Crippen MR) is 74.5 cm³/mol. The highest BCUT2D eigenvalue weighted by atomic mass is 14.9. The Balaban J connectivity index is 2.05. The molecule has 1 N–H and O–H groups in total. The zero-order valence-electron chi connectivity index (χ0n) is 11.6.